The molecule has 146 valence electrons. The third kappa shape index (κ3) is 3.71. The molecule has 0 fully saturated rings. The van der Waals surface area contributed by atoms with Crippen LogP contribution in [-0.2, 0) is 14.3 Å². The summed E-state index contributed by atoms with van der Waals surface area (Å²) in [5.41, 5.74) is 0.442. The van der Waals surface area contributed by atoms with Crippen LogP contribution in [0.4, 0.5) is 11.4 Å². The van der Waals surface area contributed by atoms with Crippen LogP contribution in [0.15, 0.2) is 66.4 Å². The fraction of sp³-hybridized carbons (Fsp3) is 0.273. The topological polar surface area (TPSA) is 67.9 Å². The smallest absolute Gasteiger partial charge is 0.336 e. The predicted octanol–water partition coefficient (Wildman–Crippen LogP) is 3.75. The zero-order valence-corrected chi connectivity index (χ0v) is 16.3. The molecule has 0 radical (unpaired) electrons. The van der Waals surface area contributed by atoms with Gasteiger partial charge in [0.1, 0.15) is 11.4 Å². The van der Waals surface area contributed by atoms with Gasteiger partial charge in [-0.25, -0.2) is 4.79 Å². The van der Waals surface area contributed by atoms with E-state index < -0.39 is 11.5 Å². The van der Waals surface area contributed by atoms with Crippen molar-refractivity contribution in [2.24, 2.45) is 0 Å². The largest absolute Gasteiger partial charge is 0.494 e. The lowest BCUT2D eigenvalue weighted by atomic mass is 10.0. The second-order valence-corrected chi connectivity index (χ2v) is 6.48. The molecule has 1 aliphatic heterocycles. The van der Waals surface area contributed by atoms with E-state index in [4.69, 9.17) is 9.47 Å². The molecule has 28 heavy (non-hydrogen) atoms. The number of carbonyl (C=O) groups excluding carboxylic acids is 2. The molecule has 2 aromatic rings. The van der Waals surface area contributed by atoms with Crippen LogP contribution in [0.1, 0.15) is 20.8 Å². The number of amides is 1. The molecule has 0 aliphatic carbocycles. The summed E-state index contributed by atoms with van der Waals surface area (Å²) >= 11 is 0. The van der Waals surface area contributed by atoms with Crippen molar-refractivity contribution in [3.8, 4) is 5.75 Å². The fourth-order valence-electron chi connectivity index (χ4n) is 3.17. The summed E-state index contributed by atoms with van der Waals surface area (Å²) in [5, 5.41) is 3.12. The lowest BCUT2D eigenvalue weighted by Gasteiger charge is -2.32. The molecule has 0 unspecified atom stereocenters. The number of hydrogen-bond acceptors (Lipinski definition) is 5. The molecule has 0 aromatic heterocycles. The van der Waals surface area contributed by atoms with Gasteiger partial charge in [0.25, 0.3) is 5.91 Å². The van der Waals surface area contributed by atoms with E-state index in [9.17, 15) is 9.59 Å². The van der Waals surface area contributed by atoms with Crippen LogP contribution in [-0.4, -0.2) is 30.6 Å². The molecule has 1 amide bonds. The molecular weight excluding hydrogens is 356 g/mol. The molecule has 0 spiro atoms. The number of nitrogens with one attached hydrogen (secondary N) is 1. The maximum atomic E-state index is 13.2. The van der Waals surface area contributed by atoms with Crippen molar-refractivity contribution in [2.45, 2.75) is 26.3 Å². The Hall–Kier alpha value is -3.28. The molecule has 2 aromatic carbocycles. The molecule has 1 N–H and O–H groups in total. The molecule has 1 heterocycles. The number of ether oxygens (including phenoxy) is 2. The van der Waals surface area contributed by atoms with E-state index in [1.54, 1.807) is 32.1 Å². The lowest BCUT2D eigenvalue weighted by molar-refractivity contribution is -0.147. The Morgan fingerprint density at radius 1 is 1.04 bits per heavy atom. The van der Waals surface area contributed by atoms with E-state index in [0.29, 0.717) is 18.0 Å². The van der Waals surface area contributed by atoms with Crippen LogP contribution in [0.2, 0.25) is 0 Å². The normalized spacial score (nSPS) is 18.6. The first-order valence-electron chi connectivity index (χ1n) is 9.29. The second-order valence-electron chi connectivity index (χ2n) is 6.48. The minimum atomic E-state index is -1.23. The van der Waals surface area contributed by atoms with Crippen molar-refractivity contribution in [1.29, 1.82) is 0 Å². The predicted molar refractivity (Wildman–Crippen MR) is 108 cm³/mol. The van der Waals surface area contributed by atoms with Gasteiger partial charge in [-0.05, 0) is 63.2 Å². The van der Waals surface area contributed by atoms with Gasteiger partial charge in [0.15, 0.2) is 5.54 Å². The van der Waals surface area contributed by atoms with Crippen molar-refractivity contribution in [2.75, 3.05) is 23.4 Å². The zero-order valence-electron chi connectivity index (χ0n) is 16.3. The Kier molecular flexibility index (Phi) is 5.68. The highest BCUT2D eigenvalue weighted by Gasteiger charge is 2.49. The van der Waals surface area contributed by atoms with E-state index in [-0.39, 0.29) is 12.5 Å². The Balaban J connectivity index is 1.92. The van der Waals surface area contributed by atoms with E-state index in [0.717, 1.165) is 11.4 Å². The average molecular weight is 380 g/mol. The van der Waals surface area contributed by atoms with E-state index in [2.05, 4.69) is 5.32 Å². The summed E-state index contributed by atoms with van der Waals surface area (Å²) in [7, 11) is 0. The van der Waals surface area contributed by atoms with Gasteiger partial charge in [-0.3, -0.25) is 9.69 Å². The third-order valence-corrected chi connectivity index (χ3v) is 4.47. The van der Waals surface area contributed by atoms with Gasteiger partial charge < -0.3 is 14.8 Å². The Labute approximate surface area is 164 Å². The third-order valence-electron chi connectivity index (χ3n) is 4.47. The first-order chi connectivity index (χ1) is 13.5. The van der Waals surface area contributed by atoms with Gasteiger partial charge >= 0.3 is 5.97 Å². The number of benzene rings is 2. The van der Waals surface area contributed by atoms with E-state index >= 15 is 0 Å². The summed E-state index contributed by atoms with van der Waals surface area (Å²) in [6.45, 7) is 6.17. The summed E-state index contributed by atoms with van der Waals surface area (Å²) in [6, 6.07) is 16.4. The van der Waals surface area contributed by atoms with Crippen LogP contribution in [0.25, 0.3) is 0 Å². The number of esters is 1. The number of carbonyl (C=O) groups is 2. The summed E-state index contributed by atoms with van der Waals surface area (Å²) in [6.07, 6.45) is 1.62. The van der Waals surface area contributed by atoms with Crippen molar-refractivity contribution in [3.63, 3.8) is 0 Å². The summed E-state index contributed by atoms with van der Waals surface area (Å²) in [5.74, 6) is -0.0200. The van der Waals surface area contributed by atoms with Gasteiger partial charge in [-0.15, -0.1) is 0 Å². The van der Waals surface area contributed by atoms with Gasteiger partial charge in [-0.1, -0.05) is 18.2 Å². The molecule has 0 saturated heterocycles. The van der Waals surface area contributed by atoms with Crippen LogP contribution >= 0.6 is 0 Å². The maximum Gasteiger partial charge on any atom is 0.336 e. The summed E-state index contributed by atoms with van der Waals surface area (Å²) in [4.78, 5) is 27.3. The molecule has 0 saturated carbocycles. The zero-order chi connectivity index (χ0) is 20.1. The highest BCUT2D eigenvalue weighted by molar-refractivity contribution is 6.16. The minimum Gasteiger partial charge on any atom is -0.494 e. The monoisotopic (exact) mass is 380 g/mol. The fourth-order valence-corrected chi connectivity index (χ4v) is 3.17. The molecule has 6 heteroatoms. The number of para-hydroxylation sites is 1. The van der Waals surface area contributed by atoms with Crippen LogP contribution in [0.5, 0.6) is 5.75 Å². The van der Waals surface area contributed by atoms with Crippen molar-refractivity contribution in [1.82, 2.24) is 0 Å². The quantitative estimate of drug-likeness (QED) is 0.741. The van der Waals surface area contributed by atoms with Gasteiger partial charge in [0.2, 0.25) is 0 Å². The molecule has 6 nitrogen and oxygen atoms in total. The van der Waals surface area contributed by atoms with Gasteiger partial charge in [0.05, 0.1) is 13.2 Å². The Morgan fingerprint density at radius 3 is 2.32 bits per heavy atom. The SMILES string of the molecule is CCOC(=O)[C@]1(C)C=C(Nc2ccc(OCC)cc2)C(=O)N1c1ccccc1. The number of rotatable bonds is 7. The molecular formula is C22H24N2O4. The number of hydrogen-bond donors (Lipinski definition) is 1. The van der Waals surface area contributed by atoms with Crippen molar-refractivity contribution in [3.05, 3.63) is 66.4 Å². The van der Waals surface area contributed by atoms with Crippen LogP contribution in [0, 0.1) is 0 Å². The van der Waals surface area contributed by atoms with Gasteiger partial charge in [0, 0.05) is 11.4 Å². The first kappa shape index (κ1) is 19.5. The Bertz CT molecular complexity index is 877. The highest BCUT2D eigenvalue weighted by atomic mass is 16.5. The summed E-state index contributed by atoms with van der Waals surface area (Å²) < 4.78 is 10.7. The lowest BCUT2D eigenvalue weighted by Crippen LogP contribution is -2.51. The minimum absolute atomic E-state index is 0.237. The highest BCUT2D eigenvalue weighted by Crippen LogP contribution is 2.35. The van der Waals surface area contributed by atoms with Crippen LogP contribution < -0.4 is 15.0 Å². The Morgan fingerprint density at radius 2 is 1.71 bits per heavy atom. The maximum absolute atomic E-state index is 13.2. The standard InChI is InChI=1S/C22H24N2O4/c1-4-27-18-13-11-16(12-14-18)23-19-15-22(3,21(26)28-5-2)24(20(19)25)17-9-7-6-8-10-17/h6-15,23H,4-5H2,1-3H3/t22-/m0/s1. The second kappa shape index (κ2) is 8.17. The molecule has 1 atom stereocenters. The number of anilines is 2. The molecule has 1 aliphatic rings. The van der Waals surface area contributed by atoms with Crippen molar-refractivity contribution < 1.29 is 19.1 Å². The van der Waals surface area contributed by atoms with E-state index in [1.165, 1.54) is 4.90 Å². The molecule has 3 rings (SSSR count). The number of nitrogens with zero attached hydrogens (tertiary/aromatic N) is 1. The van der Waals surface area contributed by atoms with Crippen molar-refractivity contribution >= 4 is 23.3 Å². The first-order valence-corrected chi connectivity index (χ1v) is 9.29. The molecule has 0 bridgehead atoms. The average Bonchev–Trinajstić information content (AvgIpc) is 2.95. The van der Waals surface area contributed by atoms with Crippen LogP contribution in [0.3, 0.4) is 0 Å². The van der Waals surface area contributed by atoms with E-state index in [1.807, 2.05) is 49.4 Å². The van der Waals surface area contributed by atoms with Gasteiger partial charge in [-0.2, -0.15) is 0 Å².